The van der Waals surface area contributed by atoms with Gasteiger partial charge in [0.05, 0.1) is 39.9 Å². The molecular formula is C32H24N7+. The Hall–Kier alpha value is -5.40. The number of nitrogens with one attached hydrogen (secondary N) is 1. The molecule has 7 nitrogen and oxygen atoms in total. The number of hydrogen-bond acceptors (Lipinski definition) is 6. The summed E-state index contributed by atoms with van der Waals surface area (Å²) in [7, 11) is 0. The van der Waals surface area contributed by atoms with Gasteiger partial charge in [-0.25, -0.2) is 9.97 Å². The van der Waals surface area contributed by atoms with Crippen LogP contribution in [0.5, 0.6) is 0 Å². The lowest BCUT2D eigenvalue weighted by molar-refractivity contribution is -0.577. The van der Waals surface area contributed by atoms with Crippen LogP contribution < -0.4 is 5.43 Å². The molecule has 186 valence electrons. The van der Waals surface area contributed by atoms with Crippen LogP contribution in [0.15, 0.2) is 133 Å². The molecular weight excluding hydrogens is 482 g/mol. The second-order valence-corrected chi connectivity index (χ2v) is 8.80. The van der Waals surface area contributed by atoms with Gasteiger partial charge in [-0.2, -0.15) is 5.43 Å². The first-order chi connectivity index (χ1) is 19.3. The van der Waals surface area contributed by atoms with Crippen LogP contribution in [-0.4, -0.2) is 31.4 Å². The summed E-state index contributed by atoms with van der Waals surface area (Å²) in [6.45, 7) is 0. The molecule has 0 radical (unpaired) electrons. The summed E-state index contributed by atoms with van der Waals surface area (Å²) in [6, 6.07) is 32.9. The smallest absolute Gasteiger partial charge is 0.155 e. The van der Waals surface area contributed by atoms with Gasteiger partial charge < -0.3 is 0 Å². The topological polar surface area (TPSA) is 104 Å². The lowest BCUT2D eigenvalue weighted by Gasteiger charge is -2.18. The molecule has 4 heterocycles. The van der Waals surface area contributed by atoms with Crippen molar-refractivity contribution in [3.05, 3.63) is 139 Å². The van der Waals surface area contributed by atoms with Crippen molar-refractivity contribution in [1.29, 1.82) is 5.41 Å². The quantitative estimate of drug-likeness (QED) is 0.140. The molecule has 0 spiro atoms. The highest BCUT2D eigenvalue weighted by Crippen LogP contribution is 2.28. The number of nitrogens with two attached hydrogens (primary N) is 1. The largest absolute Gasteiger partial charge is 0.298 e. The van der Waals surface area contributed by atoms with E-state index < -0.39 is 0 Å². The van der Waals surface area contributed by atoms with Crippen LogP contribution in [0.1, 0.15) is 11.4 Å². The van der Waals surface area contributed by atoms with Crippen LogP contribution in [-0.2, 0) is 0 Å². The molecule has 1 aliphatic carbocycles. The summed E-state index contributed by atoms with van der Waals surface area (Å²) in [6.07, 6.45) is 7.38. The number of rotatable bonds is 6. The molecule has 0 amide bonds. The van der Waals surface area contributed by atoms with E-state index in [1.54, 1.807) is 17.8 Å². The minimum atomic E-state index is 0.274. The Morgan fingerprint density at radius 3 is 1.62 bits per heavy atom. The van der Waals surface area contributed by atoms with E-state index in [9.17, 15) is 5.41 Å². The zero-order chi connectivity index (χ0) is 26.4. The average molecular weight is 507 g/mol. The number of quaternary nitrogens is 1. The van der Waals surface area contributed by atoms with Crippen LogP contribution in [0.25, 0.3) is 33.9 Å². The number of pyridine rings is 4. The van der Waals surface area contributed by atoms with Gasteiger partial charge in [-0.15, -0.1) is 0 Å². The van der Waals surface area contributed by atoms with E-state index in [1.807, 2.05) is 115 Å². The van der Waals surface area contributed by atoms with Gasteiger partial charge in [0.2, 0.25) is 0 Å². The maximum absolute atomic E-state index is 9.22. The highest BCUT2D eigenvalue weighted by atomic mass is 15.3. The van der Waals surface area contributed by atoms with E-state index in [-0.39, 0.29) is 5.71 Å². The Morgan fingerprint density at radius 2 is 1.03 bits per heavy atom. The van der Waals surface area contributed by atoms with Gasteiger partial charge in [0.15, 0.2) is 11.4 Å². The van der Waals surface area contributed by atoms with Crippen molar-refractivity contribution in [1.82, 2.24) is 19.9 Å². The molecule has 0 saturated heterocycles. The summed E-state index contributed by atoms with van der Waals surface area (Å²) >= 11 is 0. The molecule has 7 heteroatoms. The van der Waals surface area contributed by atoms with Crippen LogP contribution in [0.3, 0.4) is 0 Å². The highest BCUT2D eigenvalue weighted by Gasteiger charge is 2.26. The normalized spacial score (nSPS) is 14.2. The Labute approximate surface area is 225 Å². The third-order valence-electron chi connectivity index (χ3n) is 6.22. The van der Waals surface area contributed by atoms with Crippen molar-refractivity contribution >= 4 is 28.3 Å². The van der Waals surface area contributed by atoms with Crippen molar-refractivity contribution in [2.24, 2.45) is 5.10 Å². The van der Waals surface area contributed by atoms with E-state index in [4.69, 9.17) is 15.1 Å². The first-order valence-electron chi connectivity index (χ1n) is 12.5. The molecule has 6 rings (SSSR count). The lowest BCUT2D eigenvalue weighted by Crippen LogP contribution is -2.72. The average Bonchev–Trinajstić information content (AvgIpc) is 3.02. The molecule has 0 bridgehead atoms. The summed E-state index contributed by atoms with van der Waals surface area (Å²) in [4.78, 5) is 18.6. The van der Waals surface area contributed by atoms with Gasteiger partial charge in [0.1, 0.15) is 0 Å². The molecule has 39 heavy (non-hydrogen) atoms. The fourth-order valence-corrected chi connectivity index (χ4v) is 4.31. The molecule has 0 fully saturated rings. The van der Waals surface area contributed by atoms with Crippen molar-refractivity contribution in [3.63, 3.8) is 0 Å². The molecule has 1 aliphatic rings. The SMILES string of the molecule is N=C1C(c2cccc(-c3ccccn3)n2)=CC=C(c2cccc(-c3ccccn3)n2)C1=N[NH2+]c1ccccc1. The first-order valence-corrected chi connectivity index (χ1v) is 12.5. The van der Waals surface area contributed by atoms with E-state index >= 15 is 0 Å². The molecule has 1 aromatic carbocycles. The molecule has 4 aromatic heterocycles. The fourth-order valence-electron chi connectivity index (χ4n) is 4.31. The standard InChI is InChI=1S/C32H23N7/c33-31-23(25-14-8-16-29(36-25)27-12-4-6-20-34-27)18-19-24(32(31)39-38-22-10-2-1-3-11-22)26-15-9-17-30(37-26)28-13-5-7-21-35-28/h1-21,33,38H/p+1. The van der Waals surface area contributed by atoms with Gasteiger partial charge in [-0.05, 0) is 60.7 Å². The predicted molar refractivity (Wildman–Crippen MR) is 154 cm³/mol. The molecule has 5 aromatic rings. The van der Waals surface area contributed by atoms with Crippen LogP contribution in [0.2, 0.25) is 0 Å². The Kier molecular flexibility index (Phi) is 6.71. The van der Waals surface area contributed by atoms with Gasteiger partial charge in [-0.1, -0.05) is 47.6 Å². The summed E-state index contributed by atoms with van der Waals surface area (Å²) < 4.78 is 0. The van der Waals surface area contributed by atoms with Crippen molar-refractivity contribution in [2.75, 3.05) is 0 Å². The molecule has 3 N–H and O–H groups in total. The number of benzene rings is 1. The van der Waals surface area contributed by atoms with Gasteiger partial charge in [0, 0.05) is 35.7 Å². The first kappa shape index (κ1) is 24.0. The second kappa shape index (κ2) is 10.9. The second-order valence-electron chi connectivity index (χ2n) is 8.80. The van der Waals surface area contributed by atoms with Crippen molar-refractivity contribution in [3.8, 4) is 22.8 Å². The minimum Gasteiger partial charge on any atom is -0.298 e. The van der Waals surface area contributed by atoms with Crippen LogP contribution in [0.4, 0.5) is 5.69 Å². The third kappa shape index (κ3) is 5.20. The van der Waals surface area contributed by atoms with Crippen molar-refractivity contribution in [2.45, 2.75) is 0 Å². The third-order valence-corrected chi connectivity index (χ3v) is 6.22. The molecule has 0 atom stereocenters. The van der Waals surface area contributed by atoms with Gasteiger partial charge >= 0.3 is 0 Å². The Bertz CT molecular complexity index is 1720. The van der Waals surface area contributed by atoms with E-state index in [0.29, 0.717) is 22.7 Å². The zero-order valence-corrected chi connectivity index (χ0v) is 20.9. The lowest BCUT2D eigenvalue weighted by atomic mass is 9.90. The number of allylic oxidation sites excluding steroid dienone is 4. The Morgan fingerprint density at radius 1 is 0.513 bits per heavy atom. The number of nitrogens with zero attached hydrogens (tertiary/aromatic N) is 5. The van der Waals surface area contributed by atoms with E-state index in [2.05, 4.69) is 9.97 Å². The van der Waals surface area contributed by atoms with Crippen LogP contribution >= 0.6 is 0 Å². The monoisotopic (exact) mass is 506 g/mol. The predicted octanol–water partition coefficient (Wildman–Crippen LogP) is 5.35. The number of hydrogen-bond donors (Lipinski definition) is 2. The van der Waals surface area contributed by atoms with E-state index in [0.717, 1.165) is 34.0 Å². The van der Waals surface area contributed by atoms with Gasteiger partial charge in [0.25, 0.3) is 0 Å². The zero-order valence-electron chi connectivity index (χ0n) is 20.9. The van der Waals surface area contributed by atoms with Crippen molar-refractivity contribution < 1.29 is 5.43 Å². The highest BCUT2D eigenvalue weighted by molar-refractivity contribution is 6.68. The summed E-state index contributed by atoms with van der Waals surface area (Å²) in [5.74, 6) is 0. The summed E-state index contributed by atoms with van der Waals surface area (Å²) in [5.41, 5.74) is 9.42. The van der Waals surface area contributed by atoms with Gasteiger partial charge in [-0.3, -0.25) is 15.4 Å². The molecule has 0 saturated carbocycles. The molecule has 0 unspecified atom stereocenters. The minimum absolute atomic E-state index is 0.274. The maximum Gasteiger partial charge on any atom is 0.155 e. The van der Waals surface area contributed by atoms with E-state index in [1.165, 1.54) is 0 Å². The number of aromatic nitrogens is 4. The van der Waals surface area contributed by atoms with Crippen LogP contribution in [0, 0.1) is 5.41 Å². The molecule has 0 aliphatic heterocycles. The maximum atomic E-state index is 9.22. The Balaban J connectivity index is 1.43. The fraction of sp³-hybridized carbons (Fsp3) is 0. The summed E-state index contributed by atoms with van der Waals surface area (Å²) in [5, 5.41) is 14.0.